The average Bonchev–Trinajstić information content (AvgIpc) is 3.09. The molecule has 1 aliphatic heterocycles. The molecule has 7 nitrogen and oxygen atoms in total. The second-order valence-corrected chi connectivity index (χ2v) is 9.15. The Morgan fingerprint density at radius 2 is 2.08 bits per heavy atom. The fourth-order valence-electron chi connectivity index (χ4n) is 3.61. The number of ether oxygens (including phenoxy) is 1. The van der Waals surface area contributed by atoms with Gasteiger partial charge in [0.2, 0.25) is 5.91 Å². The zero-order valence-electron chi connectivity index (χ0n) is 14.8. The summed E-state index contributed by atoms with van der Waals surface area (Å²) in [6.45, 7) is 2.92. The van der Waals surface area contributed by atoms with Crippen molar-refractivity contribution in [3.8, 4) is 0 Å². The van der Waals surface area contributed by atoms with Crippen molar-refractivity contribution in [1.82, 2.24) is 14.7 Å². The Labute approximate surface area is 149 Å². The molecule has 1 unspecified atom stereocenters. The first-order valence-electron chi connectivity index (χ1n) is 9.12. The SMILES string of the molecule is CCn1cc(C2CS(=O)(=O)CCN2C(=O)COC2CCCCC2)cn1. The number of aryl methyl sites for hydroxylation is 1. The van der Waals surface area contributed by atoms with E-state index in [-0.39, 0.29) is 36.7 Å². The number of rotatable bonds is 5. The van der Waals surface area contributed by atoms with Crippen LogP contribution in [0.25, 0.3) is 0 Å². The zero-order chi connectivity index (χ0) is 17.9. The van der Waals surface area contributed by atoms with Crippen molar-refractivity contribution in [3.63, 3.8) is 0 Å². The van der Waals surface area contributed by atoms with Gasteiger partial charge in [-0.1, -0.05) is 19.3 Å². The summed E-state index contributed by atoms with van der Waals surface area (Å²) in [4.78, 5) is 14.3. The number of amides is 1. The van der Waals surface area contributed by atoms with Crippen LogP contribution in [0.1, 0.15) is 50.6 Å². The molecule has 1 saturated heterocycles. The monoisotopic (exact) mass is 369 g/mol. The summed E-state index contributed by atoms with van der Waals surface area (Å²) in [5.41, 5.74) is 0.774. The van der Waals surface area contributed by atoms with E-state index in [0.29, 0.717) is 6.54 Å². The minimum atomic E-state index is -3.15. The lowest BCUT2D eigenvalue weighted by atomic mass is 9.98. The highest BCUT2D eigenvalue weighted by molar-refractivity contribution is 7.91. The number of carbonyl (C=O) groups is 1. The summed E-state index contributed by atoms with van der Waals surface area (Å²) in [7, 11) is -3.15. The van der Waals surface area contributed by atoms with Crippen LogP contribution in [0.15, 0.2) is 12.4 Å². The van der Waals surface area contributed by atoms with Crippen molar-refractivity contribution in [1.29, 1.82) is 0 Å². The molecule has 0 N–H and O–H groups in total. The molecule has 1 amide bonds. The minimum absolute atomic E-state index is 0.0145. The fraction of sp³-hybridized carbons (Fsp3) is 0.765. The van der Waals surface area contributed by atoms with Crippen molar-refractivity contribution < 1.29 is 17.9 Å². The van der Waals surface area contributed by atoms with Crippen LogP contribution < -0.4 is 0 Å². The van der Waals surface area contributed by atoms with Gasteiger partial charge in [0.25, 0.3) is 0 Å². The molecule has 1 aliphatic carbocycles. The van der Waals surface area contributed by atoms with Gasteiger partial charge in [-0.25, -0.2) is 8.42 Å². The second kappa shape index (κ2) is 7.86. The zero-order valence-corrected chi connectivity index (χ0v) is 15.6. The van der Waals surface area contributed by atoms with E-state index in [1.807, 2.05) is 13.1 Å². The quantitative estimate of drug-likeness (QED) is 0.786. The van der Waals surface area contributed by atoms with Crippen molar-refractivity contribution in [2.45, 2.75) is 57.7 Å². The molecule has 2 fully saturated rings. The van der Waals surface area contributed by atoms with Crippen molar-refractivity contribution in [2.75, 3.05) is 24.7 Å². The van der Waals surface area contributed by atoms with Crippen LogP contribution in [-0.2, 0) is 25.9 Å². The molecule has 0 aromatic carbocycles. The average molecular weight is 369 g/mol. The Kier molecular flexibility index (Phi) is 5.78. The van der Waals surface area contributed by atoms with Gasteiger partial charge in [0.15, 0.2) is 9.84 Å². The molecule has 25 heavy (non-hydrogen) atoms. The van der Waals surface area contributed by atoms with Gasteiger partial charge < -0.3 is 9.64 Å². The number of hydrogen-bond acceptors (Lipinski definition) is 5. The maximum Gasteiger partial charge on any atom is 0.249 e. The van der Waals surface area contributed by atoms with Gasteiger partial charge in [-0.2, -0.15) is 5.10 Å². The molecule has 1 atom stereocenters. The molecule has 8 heteroatoms. The van der Waals surface area contributed by atoms with Crippen LogP contribution in [0.4, 0.5) is 0 Å². The predicted molar refractivity (Wildman–Crippen MR) is 93.8 cm³/mol. The topological polar surface area (TPSA) is 81.5 Å². The van der Waals surface area contributed by atoms with E-state index < -0.39 is 15.9 Å². The normalized spacial score (nSPS) is 24.4. The first-order chi connectivity index (χ1) is 12.0. The maximum atomic E-state index is 12.7. The Morgan fingerprint density at radius 1 is 1.32 bits per heavy atom. The lowest BCUT2D eigenvalue weighted by molar-refractivity contribution is -0.140. The summed E-state index contributed by atoms with van der Waals surface area (Å²) in [6, 6.07) is -0.471. The Balaban J connectivity index is 1.69. The number of sulfone groups is 1. The minimum Gasteiger partial charge on any atom is -0.368 e. The van der Waals surface area contributed by atoms with Crippen molar-refractivity contribution in [3.05, 3.63) is 18.0 Å². The van der Waals surface area contributed by atoms with Crippen LogP contribution in [-0.4, -0.2) is 59.8 Å². The summed E-state index contributed by atoms with van der Waals surface area (Å²) in [5.74, 6) is -0.159. The van der Waals surface area contributed by atoms with Gasteiger partial charge in [-0.05, 0) is 19.8 Å². The fourth-order valence-corrected chi connectivity index (χ4v) is 5.11. The van der Waals surface area contributed by atoms with E-state index in [1.165, 1.54) is 6.42 Å². The summed E-state index contributed by atoms with van der Waals surface area (Å²) in [6.07, 6.45) is 9.21. The lowest BCUT2D eigenvalue weighted by Crippen LogP contribution is -2.47. The van der Waals surface area contributed by atoms with E-state index in [1.54, 1.807) is 15.8 Å². The molecule has 0 radical (unpaired) electrons. The van der Waals surface area contributed by atoms with Crippen molar-refractivity contribution in [2.24, 2.45) is 0 Å². The van der Waals surface area contributed by atoms with Crippen LogP contribution in [0, 0.1) is 0 Å². The molecular formula is C17H27N3O4S. The third-order valence-corrected chi connectivity index (χ3v) is 6.74. The lowest BCUT2D eigenvalue weighted by Gasteiger charge is -2.35. The van der Waals surface area contributed by atoms with Crippen LogP contribution in [0.3, 0.4) is 0 Å². The highest BCUT2D eigenvalue weighted by Crippen LogP contribution is 2.27. The molecule has 0 spiro atoms. The third-order valence-electron chi connectivity index (χ3n) is 5.11. The molecule has 1 aromatic rings. The van der Waals surface area contributed by atoms with Gasteiger partial charge in [-0.3, -0.25) is 9.48 Å². The maximum absolute atomic E-state index is 12.7. The standard InChI is InChI=1S/C17H27N3O4S/c1-2-19-11-14(10-18-19)16-13-25(22,23)9-8-20(16)17(21)12-24-15-6-4-3-5-7-15/h10-11,15-16H,2-9,12-13H2,1H3. The number of carbonyl (C=O) groups excluding carboxylic acids is 1. The second-order valence-electron chi connectivity index (χ2n) is 6.92. The largest absolute Gasteiger partial charge is 0.368 e. The Hall–Kier alpha value is -1.41. The van der Waals surface area contributed by atoms with Crippen LogP contribution in [0.2, 0.25) is 0 Å². The van der Waals surface area contributed by atoms with Crippen LogP contribution in [0.5, 0.6) is 0 Å². The molecule has 0 bridgehead atoms. The van der Waals surface area contributed by atoms with E-state index in [2.05, 4.69) is 5.10 Å². The predicted octanol–water partition coefficient (Wildman–Crippen LogP) is 1.55. The van der Waals surface area contributed by atoms with Gasteiger partial charge in [-0.15, -0.1) is 0 Å². The first kappa shape index (κ1) is 18.4. The van der Waals surface area contributed by atoms with Gasteiger partial charge in [0, 0.05) is 24.8 Å². The summed E-state index contributed by atoms with van der Waals surface area (Å²) < 4.78 is 31.7. The van der Waals surface area contributed by atoms with E-state index in [0.717, 1.165) is 31.2 Å². The highest BCUT2D eigenvalue weighted by Gasteiger charge is 2.36. The van der Waals surface area contributed by atoms with Crippen molar-refractivity contribution >= 4 is 15.7 Å². The molecule has 2 aliphatic rings. The van der Waals surface area contributed by atoms with Gasteiger partial charge in [0.1, 0.15) is 6.61 Å². The van der Waals surface area contributed by atoms with Gasteiger partial charge in [0.05, 0.1) is 29.8 Å². The van der Waals surface area contributed by atoms with Gasteiger partial charge >= 0.3 is 0 Å². The van der Waals surface area contributed by atoms with E-state index in [9.17, 15) is 13.2 Å². The van der Waals surface area contributed by atoms with Crippen LogP contribution >= 0.6 is 0 Å². The summed E-state index contributed by atoms with van der Waals surface area (Å²) in [5, 5.41) is 4.22. The smallest absolute Gasteiger partial charge is 0.249 e. The third kappa shape index (κ3) is 4.61. The van der Waals surface area contributed by atoms with E-state index >= 15 is 0 Å². The first-order valence-corrected chi connectivity index (χ1v) is 10.9. The molecular weight excluding hydrogens is 342 g/mol. The number of hydrogen-bond donors (Lipinski definition) is 0. The molecule has 140 valence electrons. The molecule has 3 rings (SSSR count). The Bertz CT molecular complexity index is 695. The molecule has 2 heterocycles. The number of aromatic nitrogens is 2. The molecule has 1 aromatic heterocycles. The summed E-state index contributed by atoms with van der Waals surface area (Å²) >= 11 is 0. The molecule has 1 saturated carbocycles. The van der Waals surface area contributed by atoms with E-state index in [4.69, 9.17) is 4.74 Å². The Morgan fingerprint density at radius 3 is 2.76 bits per heavy atom. The number of nitrogens with zero attached hydrogens (tertiary/aromatic N) is 3. The highest BCUT2D eigenvalue weighted by atomic mass is 32.2.